The molecule has 3 aromatic rings. The highest BCUT2D eigenvalue weighted by atomic mass is 16.5. The molecule has 0 spiro atoms. The number of likely N-dealkylation sites (tertiary alicyclic amines) is 1. The Bertz CT molecular complexity index is 1030. The van der Waals surface area contributed by atoms with Gasteiger partial charge < -0.3 is 18.9 Å². The molecular formula is C23H25N3O3. The lowest BCUT2D eigenvalue weighted by atomic mass is 10.0. The minimum Gasteiger partial charge on any atom is -0.490 e. The van der Waals surface area contributed by atoms with E-state index in [9.17, 15) is 4.79 Å². The number of amides is 1. The van der Waals surface area contributed by atoms with Crippen molar-refractivity contribution in [1.29, 1.82) is 0 Å². The third kappa shape index (κ3) is 3.55. The lowest BCUT2D eigenvalue weighted by molar-refractivity contribution is -0.132. The van der Waals surface area contributed by atoms with Crippen molar-refractivity contribution >= 4 is 16.9 Å². The predicted octanol–water partition coefficient (Wildman–Crippen LogP) is 3.95. The van der Waals surface area contributed by atoms with Crippen LogP contribution in [0.25, 0.3) is 11.0 Å². The molecule has 2 aliphatic heterocycles. The van der Waals surface area contributed by atoms with Crippen LogP contribution in [0.5, 0.6) is 11.5 Å². The van der Waals surface area contributed by atoms with Gasteiger partial charge in [-0.2, -0.15) is 0 Å². The molecule has 0 aliphatic carbocycles. The van der Waals surface area contributed by atoms with Crippen LogP contribution in [0.4, 0.5) is 0 Å². The first kappa shape index (κ1) is 18.0. The average molecular weight is 391 g/mol. The molecule has 2 aliphatic rings. The molecule has 6 heteroatoms. The minimum atomic E-state index is 0.110. The van der Waals surface area contributed by atoms with E-state index < -0.39 is 0 Å². The topological polar surface area (TPSA) is 56.6 Å². The molecule has 1 unspecified atom stereocenters. The Morgan fingerprint density at radius 2 is 1.93 bits per heavy atom. The number of imidazole rings is 1. The average Bonchev–Trinajstić information content (AvgIpc) is 3.33. The second kappa shape index (κ2) is 7.78. The molecule has 0 saturated carbocycles. The van der Waals surface area contributed by atoms with E-state index in [1.807, 2.05) is 41.6 Å². The van der Waals surface area contributed by atoms with E-state index in [1.54, 1.807) is 0 Å². The number of nitrogens with zero attached hydrogens (tertiary/aromatic N) is 3. The lowest BCUT2D eigenvalue weighted by Crippen LogP contribution is -2.31. The summed E-state index contributed by atoms with van der Waals surface area (Å²) in [5.41, 5.74) is 3.17. The standard InChI is InChI=1S/C23H25N3O3/c27-23(10-12-25-16-24-18-5-1-2-6-20(18)25)26-11-3-7-19(26)17-8-9-21-22(15-17)29-14-4-13-28-21/h1-2,5-6,8-9,15-16,19H,3-4,7,10-14H2. The number of fused-ring (bicyclic) bond motifs is 2. The molecule has 2 aromatic carbocycles. The molecule has 1 aromatic heterocycles. The molecule has 1 amide bonds. The Morgan fingerprint density at radius 1 is 1.07 bits per heavy atom. The number of carbonyl (C=O) groups excluding carboxylic acids is 1. The zero-order valence-corrected chi connectivity index (χ0v) is 16.4. The number of benzene rings is 2. The molecule has 29 heavy (non-hydrogen) atoms. The maximum absolute atomic E-state index is 13.0. The number of hydrogen-bond donors (Lipinski definition) is 0. The normalized spacial score (nSPS) is 18.8. The SMILES string of the molecule is O=C(CCn1cnc2ccccc21)N1CCCC1c1ccc2c(c1)OCCCO2. The summed E-state index contributed by atoms with van der Waals surface area (Å²) in [7, 11) is 0. The summed E-state index contributed by atoms with van der Waals surface area (Å²) in [5, 5.41) is 0. The molecule has 1 atom stereocenters. The maximum Gasteiger partial charge on any atom is 0.224 e. The second-order valence-corrected chi connectivity index (χ2v) is 7.68. The minimum absolute atomic E-state index is 0.110. The van der Waals surface area contributed by atoms with E-state index in [4.69, 9.17) is 9.47 Å². The van der Waals surface area contributed by atoms with Gasteiger partial charge >= 0.3 is 0 Å². The number of aromatic nitrogens is 2. The monoisotopic (exact) mass is 391 g/mol. The molecule has 3 heterocycles. The van der Waals surface area contributed by atoms with Crippen molar-refractivity contribution < 1.29 is 14.3 Å². The van der Waals surface area contributed by atoms with Gasteiger partial charge in [-0.1, -0.05) is 18.2 Å². The highest BCUT2D eigenvalue weighted by molar-refractivity contribution is 5.78. The number of aryl methyl sites for hydroxylation is 1. The molecule has 1 saturated heterocycles. The molecule has 6 nitrogen and oxygen atoms in total. The van der Waals surface area contributed by atoms with Crippen molar-refractivity contribution in [2.75, 3.05) is 19.8 Å². The van der Waals surface area contributed by atoms with Crippen LogP contribution in [0.2, 0.25) is 0 Å². The van der Waals surface area contributed by atoms with Crippen molar-refractivity contribution in [3.8, 4) is 11.5 Å². The van der Waals surface area contributed by atoms with Crippen LogP contribution in [0.1, 0.15) is 37.3 Å². The van der Waals surface area contributed by atoms with Gasteiger partial charge in [0.15, 0.2) is 11.5 Å². The summed E-state index contributed by atoms with van der Waals surface area (Å²) in [6.07, 6.45) is 5.20. The van der Waals surface area contributed by atoms with Crippen LogP contribution in [-0.2, 0) is 11.3 Å². The smallest absolute Gasteiger partial charge is 0.224 e. The van der Waals surface area contributed by atoms with Gasteiger partial charge in [-0.3, -0.25) is 4.79 Å². The fourth-order valence-corrected chi connectivity index (χ4v) is 4.35. The highest BCUT2D eigenvalue weighted by Crippen LogP contribution is 2.38. The Kier molecular flexibility index (Phi) is 4.84. The van der Waals surface area contributed by atoms with Crippen molar-refractivity contribution in [3.05, 3.63) is 54.4 Å². The maximum atomic E-state index is 13.0. The summed E-state index contributed by atoms with van der Waals surface area (Å²) >= 11 is 0. The highest BCUT2D eigenvalue weighted by Gasteiger charge is 2.30. The van der Waals surface area contributed by atoms with E-state index in [1.165, 1.54) is 0 Å². The summed E-state index contributed by atoms with van der Waals surface area (Å²) in [6.45, 7) is 2.80. The van der Waals surface area contributed by atoms with E-state index in [0.29, 0.717) is 26.2 Å². The van der Waals surface area contributed by atoms with Crippen molar-refractivity contribution in [1.82, 2.24) is 14.5 Å². The van der Waals surface area contributed by atoms with Crippen molar-refractivity contribution in [2.24, 2.45) is 0 Å². The Balaban J connectivity index is 1.30. The zero-order chi connectivity index (χ0) is 19.6. The zero-order valence-electron chi connectivity index (χ0n) is 16.4. The van der Waals surface area contributed by atoms with E-state index in [-0.39, 0.29) is 11.9 Å². The van der Waals surface area contributed by atoms with Crippen LogP contribution >= 0.6 is 0 Å². The Morgan fingerprint density at radius 3 is 2.86 bits per heavy atom. The second-order valence-electron chi connectivity index (χ2n) is 7.68. The van der Waals surface area contributed by atoms with Crippen LogP contribution in [-0.4, -0.2) is 40.1 Å². The molecule has 5 rings (SSSR count). The van der Waals surface area contributed by atoms with Crippen LogP contribution in [0.15, 0.2) is 48.8 Å². The molecule has 0 radical (unpaired) electrons. The number of hydrogen-bond acceptors (Lipinski definition) is 4. The third-order valence-electron chi connectivity index (χ3n) is 5.82. The quantitative estimate of drug-likeness (QED) is 0.676. The first-order valence-electron chi connectivity index (χ1n) is 10.4. The van der Waals surface area contributed by atoms with Crippen molar-refractivity contribution in [3.63, 3.8) is 0 Å². The van der Waals surface area contributed by atoms with Gasteiger partial charge in [0, 0.05) is 25.9 Å². The van der Waals surface area contributed by atoms with E-state index >= 15 is 0 Å². The molecule has 0 N–H and O–H groups in total. The van der Waals surface area contributed by atoms with Gasteiger partial charge in [0.05, 0.1) is 36.6 Å². The number of carbonyl (C=O) groups is 1. The van der Waals surface area contributed by atoms with Crippen molar-refractivity contribution in [2.45, 2.75) is 38.3 Å². The fourth-order valence-electron chi connectivity index (χ4n) is 4.35. The largest absolute Gasteiger partial charge is 0.490 e. The lowest BCUT2D eigenvalue weighted by Gasteiger charge is -2.26. The van der Waals surface area contributed by atoms with Gasteiger partial charge in [-0.05, 0) is 42.7 Å². The van der Waals surface area contributed by atoms with Gasteiger partial charge in [0.1, 0.15) is 0 Å². The Hall–Kier alpha value is -3.02. The first-order chi connectivity index (χ1) is 14.3. The van der Waals surface area contributed by atoms with Gasteiger partial charge in [-0.15, -0.1) is 0 Å². The van der Waals surface area contributed by atoms with E-state index in [0.717, 1.165) is 53.9 Å². The number of para-hydroxylation sites is 2. The number of ether oxygens (including phenoxy) is 2. The van der Waals surface area contributed by atoms with Gasteiger partial charge in [0.25, 0.3) is 0 Å². The Labute approximate surface area is 170 Å². The van der Waals surface area contributed by atoms with Crippen LogP contribution in [0.3, 0.4) is 0 Å². The molecule has 1 fully saturated rings. The van der Waals surface area contributed by atoms with E-state index in [2.05, 4.69) is 21.7 Å². The summed E-state index contributed by atoms with van der Waals surface area (Å²) in [5.74, 6) is 1.79. The summed E-state index contributed by atoms with van der Waals surface area (Å²) in [4.78, 5) is 19.5. The number of rotatable bonds is 4. The van der Waals surface area contributed by atoms with Crippen LogP contribution < -0.4 is 9.47 Å². The fraction of sp³-hybridized carbons (Fsp3) is 0.391. The summed E-state index contributed by atoms with van der Waals surface area (Å²) in [6, 6.07) is 14.2. The summed E-state index contributed by atoms with van der Waals surface area (Å²) < 4.78 is 13.6. The van der Waals surface area contributed by atoms with Crippen LogP contribution in [0, 0.1) is 0 Å². The molecule has 0 bridgehead atoms. The van der Waals surface area contributed by atoms with Gasteiger partial charge in [-0.25, -0.2) is 4.98 Å². The third-order valence-corrected chi connectivity index (χ3v) is 5.82. The molecular weight excluding hydrogens is 366 g/mol. The van der Waals surface area contributed by atoms with Gasteiger partial charge in [0.2, 0.25) is 5.91 Å². The first-order valence-corrected chi connectivity index (χ1v) is 10.4. The predicted molar refractivity (Wildman–Crippen MR) is 110 cm³/mol. The molecule has 150 valence electrons.